The Morgan fingerprint density at radius 1 is 1.24 bits per heavy atom. The number of rotatable bonds is 3. The molecule has 0 aliphatic rings. The monoisotopic (exact) mass is 227 g/mol. The SMILES string of the molecule is COc1cccc(/C(N)=N/c2ccccn2)c1. The molecular formula is C13H13N3O. The highest BCUT2D eigenvalue weighted by Gasteiger charge is 2.00. The molecule has 0 aliphatic heterocycles. The average molecular weight is 227 g/mol. The van der Waals surface area contributed by atoms with E-state index in [4.69, 9.17) is 10.5 Å². The second-order valence-corrected chi connectivity index (χ2v) is 3.42. The molecule has 0 unspecified atom stereocenters. The molecule has 0 radical (unpaired) electrons. The van der Waals surface area contributed by atoms with Crippen LogP contribution in [0.5, 0.6) is 5.75 Å². The maximum Gasteiger partial charge on any atom is 0.154 e. The number of nitrogens with two attached hydrogens (primary N) is 1. The van der Waals surface area contributed by atoms with Gasteiger partial charge < -0.3 is 10.5 Å². The van der Waals surface area contributed by atoms with Gasteiger partial charge in [-0.15, -0.1) is 0 Å². The zero-order valence-corrected chi connectivity index (χ0v) is 9.50. The molecule has 1 heterocycles. The van der Waals surface area contributed by atoms with Crippen LogP contribution >= 0.6 is 0 Å². The molecule has 1 aromatic heterocycles. The van der Waals surface area contributed by atoms with Gasteiger partial charge in [0.1, 0.15) is 11.6 Å². The highest BCUT2D eigenvalue weighted by atomic mass is 16.5. The van der Waals surface area contributed by atoms with Gasteiger partial charge in [0.25, 0.3) is 0 Å². The predicted octanol–water partition coefficient (Wildman–Crippen LogP) is 2.13. The standard InChI is InChI=1S/C13H13N3O/c1-17-11-6-4-5-10(9-11)13(14)16-12-7-2-3-8-15-12/h2-9H,1H3,(H2,14,15,16). The molecule has 0 aliphatic carbocycles. The van der Waals surface area contributed by atoms with Crippen molar-refractivity contribution in [3.8, 4) is 5.75 Å². The minimum absolute atomic E-state index is 0.419. The van der Waals surface area contributed by atoms with E-state index in [9.17, 15) is 0 Å². The number of ether oxygens (including phenoxy) is 1. The molecule has 0 saturated carbocycles. The van der Waals surface area contributed by atoms with Gasteiger partial charge in [0.2, 0.25) is 0 Å². The summed E-state index contributed by atoms with van der Waals surface area (Å²) in [6.07, 6.45) is 1.68. The summed E-state index contributed by atoms with van der Waals surface area (Å²) in [6.45, 7) is 0. The molecule has 0 atom stereocenters. The van der Waals surface area contributed by atoms with Crippen LogP contribution in [0.25, 0.3) is 0 Å². The molecule has 0 saturated heterocycles. The van der Waals surface area contributed by atoms with Crippen LogP contribution in [0.1, 0.15) is 5.56 Å². The molecule has 0 amide bonds. The van der Waals surface area contributed by atoms with Crippen LogP contribution < -0.4 is 10.5 Å². The van der Waals surface area contributed by atoms with Crippen molar-refractivity contribution in [3.63, 3.8) is 0 Å². The van der Waals surface area contributed by atoms with Crippen molar-refractivity contribution in [1.29, 1.82) is 0 Å². The molecule has 17 heavy (non-hydrogen) atoms. The third kappa shape index (κ3) is 2.81. The van der Waals surface area contributed by atoms with E-state index in [-0.39, 0.29) is 0 Å². The van der Waals surface area contributed by atoms with Crippen LogP contribution in [0.15, 0.2) is 53.7 Å². The Labute approximate surface area is 99.8 Å². The molecule has 0 fully saturated rings. The van der Waals surface area contributed by atoms with Crippen LogP contribution in [0.4, 0.5) is 5.82 Å². The van der Waals surface area contributed by atoms with Gasteiger partial charge in [-0.1, -0.05) is 18.2 Å². The van der Waals surface area contributed by atoms with Crippen molar-refractivity contribution in [2.45, 2.75) is 0 Å². The van der Waals surface area contributed by atoms with Gasteiger partial charge in [-0.3, -0.25) is 0 Å². The summed E-state index contributed by atoms with van der Waals surface area (Å²) in [6, 6.07) is 12.9. The Bertz CT molecular complexity index is 523. The Balaban J connectivity index is 2.30. The van der Waals surface area contributed by atoms with Crippen molar-refractivity contribution in [1.82, 2.24) is 4.98 Å². The zero-order valence-electron chi connectivity index (χ0n) is 9.50. The van der Waals surface area contributed by atoms with Gasteiger partial charge in [0.05, 0.1) is 7.11 Å². The quantitative estimate of drug-likeness (QED) is 0.645. The molecule has 2 N–H and O–H groups in total. The number of amidine groups is 1. The minimum Gasteiger partial charge on any atom is -0.497 e. The highest BCUT2D eigenvalue weighted by molar-refractivity contribution is 5.99. The summed E-state index contributed by atoms with van der Waals surface area (Å²) >= 11 is 0. The largest absolute Gasteiger partial charge is 0.497 e. The fourth-order valence-corrected chi connectivity index (χ4v) is 1.39. The van der Waals surface area contributed by atoms with E-state index in [0.29, 0.717) is 11.7 Å². The number of aliphatic imine (C=N–C) groups is 1. The lowest BCUT2D eigenvalue weighted by Gasteiger charge is -2.03. The molecule has 0 bridgehead atoms. The molecule has 0 spiro atoms. The Kier molecular flexibility index (Phi) is 3.35. The van der Waals surface area contributed by atoms with Crippen molar-refractivity contribution in [3.05, 3.63) is 54.2 Å². The van der Waals surface area contributed by atoms with E-state index in [2.05, 4.69) is 9.98 Å². The number of hydrogen-bond donors (Lipinski definition) is 1. The van der Waals surface area contributed by atoms with Crippen LogP contribution in [-0.4, -0.2) is 17.9 Å². The van der Waals surface area contributed by atoms with Gasteiger partial charge in [-0.05, 0) is 24.3 Å². The highest BCUT2D eigenvalue weighted by Crippen LogP contribution is 2.14. The second kappa shape index (κ2) is 5.12. The Hall–Kier alpha value is -2.36. The maximum atomic E-state index is 5.91. The van der Waals surface area contributed by atoms with Gasteiger partial charge in [0, 0.05) is 11.8 Å². The average Bonchev–Trinajstić information content (AvgIpc) is 2.40. The Morgan fingerprint density at radius 2 is 2.12 bits per heavy atom. The van der Waals surface area contributed by atoms with Crippen LogP contribution in [0.2, 0.25) is 0 Å². The molecular weight excluding hydrogens is 214 g/mol. The number of benzene rings is 1. The van der Waals surface area contributed by atoms with E-state index in [1.807, 2.05) is 36.4 Å². The number of pyridine rings is 1. The molecule has 2 aromatic rings. The van der Waals surface area contributed by atoms with Crippen LogP contribution in [0.3, 0.4) is 0 Å². The van der Waals surface area contributed by atoms with E-state index in [0.717, 1.165) is 11.3 Å². The summed E-state index contributed by atoms with van der Waals surface area (Å²) in [5.41, 5.74) is 6.72. The van der Waals surface area contributed by atoms with Crippen LogP contribution in [-0.2, 0) is 0 Å². The fraction of sp³-hybridized carbons (Fsp3) is 0.0769. The summed E-state index contributed by atoms with van der Waals surface area (Å²) in [5, 5.41) is 0. The van der Waals surface area contributed by atoms with E-state index in [1.54, 1.807) is 19.4 Å². The third-order valence-electron chi connectivity index (χ3n) is 2.25. The van der Waals surface area contributed by atoms with Gasteiger partial charge in [0.15, 0.2) is 5.82 Å². The first-order valence-corrected chi connectivity index (χ1v) is 5.19. The third-order valence-corrected chi connectivity index (χ3v) is 2.25. The number of nitrogens with zero attached hydrogens (tertiary/aromatic N) is 2. The van der Waals surface area contributed by atoms with Gasteiger partial charge in [-0.2, -0.15) is 0 Å². The van der Waals surface area contributed by atoms with Gasteiger partial charge >= 0.3 is 0 Å². The summed E-state index contributed by atoms with van der Waals surface area (Å²) in [7, 11) is 1.62. The Morgan fingerprint density at radius 3 is 2.82 bits per heavy atom. The summed E-state index contributed by atoms with van der Waals surface area (Å²) < 4.78 is 5.13. The van der Waals surface area contributed by atoms with Crippen molar-refractivity contribution >= 4 is 11.7 Å². The van der Waals surface area contributed by atoms with E-state index in [1.165, 1.54) is 0 Å². The number of aromatic nitrogens is 1. The zero-order chi connectivity index (χ0) is 12.1. The molecule has 2 rings (SSSR count). The smallest absolute Gasteiger partial charge is 0.154 e. The van der Waals surface area contributed by atoms with Crippen molar-refractivity contribution < 1.29 is 4.74 Å². The maximum absolute atomic E-state index is 5.91. The number of hydrogen-bond acceptors (Lipinski definition) is 3. The topological polar surface area (TPSA) is 60.5 Å². The first-order chi connectivity index (χ1) is 8.29. The van der Waals surface area contributed by atoms with E-state index >= 15 is 0 Å². The van der Waals surface area contributed by atoms with Crippen LogP contribution in [0, 0.1) is 0 Å². The van der Waals surface area contributed by atoms with Crippen molar-refractivity contribution in [2.24, 2.45) is 10.7 Å². The summed E-state index contributed by atoms with van der Waals surface area (Å²) in [4.78, 5) is 8.32. The lowest BCUT2D eigenvalue weighted by molar-refractivity contribution is 0.414. The molecule has 4 nitrogen and oxygen atoms in total. The molecule has 4 heteroatoms. The molecule has 86 valence electrons. The first kappa shape index (κ1) is 11.1. The lowest BCUT2D eigenvalue weighted by atomic mass is 10.2. The van der Waals surface area contributed by atoms with E-state index < -0.39 is 0 Å². The van der Waals surface area contributed by atoms with Gasteiger partial charge in [-0.25, -0.2) is 9.98 Å². The fourth-order valence-electron chi connectivity index (χ4n) is 1.39. The van der Waals surface area contributed by atoms with Crippen molar-refractivity contribution in [2.75, 3.05) is 7.11 Å². The first-order valence-electron chi connectivity index (χ1n) is 5.19. The number of methoxy groups -OCH3 is 1. The normalized spacial score (nSPS) is 11.2. The lowest BCUT2D eigenvalue weighted by Crippen LogP contribution is -2.12. The predicted molar refractivity (Wildman–Crippen MR) is 67.6 cm³/mol. The summed E-state index contributed by atoms with van der Waals surface area (Å²) in [5.74, 6) is 1.76. The minimum atomic E-state index is 0.419. The molecule has 1 aromatic carbocycles. The second-order valence-electron chi connectivity index (χ2n) is 3.42.